The Morgan fingerprint density at radius 2 is 1.69 bits per heavy atom. The quantitative estimate of drug-likeness (QED) is 0.104. The third-order valence-electron chi connectivity index (χ3n) is 6.38. The van der Waals surface area contributed by atoms with Crippen LogP contribution in [0.1, 0.15) is 21.5 Å². The van der Waals surface area contributed by atoms with Gasteiger partial charge in [0, 0.05) is 32.7 Å². The van der Waals surface area contributed by atoms with Crippen LogP contribution >= 0.6 is 34.7 Å². The maximum atomic E-state index is 14.6. The van der Waals surface area contributed by atoms with Gasteiger partial charge in [-0.05, 0) is 55.5 Å². The molecule has 0 saturated carbocycles. The van der Waals surface area contributed by atoms with Crippen LogP contribution in [0.25, 0.3) is 17.3 Å². The number of halogens is 2. The number of hydrogen-bond acceptors (Lipinski definition) is 6. The van der Waals surface area contributed by atoms with Crippen LogP contribution in [0.5, 0.6) is 0 Å². The summed E-state index contributed by atoms with van der Waals surface area (Å²) in [6, 6.07) is 27.4. The smallest absolute Gasteiger partial charge is 0.272 e. The summed E-state index contributed by atoms with van der Waals surface area (Å²) in [5, 5.41) is 10.6. The van der Waals surface area contributed by atoms with Crippen LogP contribution in [0.15, 0.2) is 113 Å². The highest BCUT2D eigenvalue weighted by atomic mass is 35.5. The highest BCUT2D eigenvalue weighted by Gasteiger charge is 2.17. The summed E-state index contributed by atoms with van der Waals surface area (Å²) in [4.78, 5) is 44.1. The number of rotatable bonds is 10. The standard InChI is InChI=1S/C34H26ClFN4O3S2/c1-21-13-15-22(16-14-21)30-19-45-34(39-30)40-31(41)20-44-25-10-5-9-24(17-25)37-33(43)29(18-26-27(35)11-6-12-28(26)36)38-32(42)23-7-3-2-4-8-23/h2-19H,20H2,1H3,(H,37,43)(H,38,42)(H,39,40,41)/b29-18+. The van der Waals surface area contributed by atoms with Crippen LogP contribution in [0, 0.1) is 12.7 Å². The van der Waals surface area contributed by atoms with Crippen LogP contribution in [0.4, 0.5) is 15.2 Å². The van der Waals surface area contributed by atoms with Gasteiger partial charge in [-0.2, -0.15) is 0 Å². The Kier molecular flexibility index (Phi) is 10.4. The molecule has 0 aliphatic carbocycles. The molecule has 1 heterocycles. The molecule has 7 nitrogen and oxygen atoms in total. The fourth-order valence-electron chi connectivity index (χ4n) is 4.09. The molecular weight excluding hydrogens is 631 g/mol. The number of aryl methyl sites for hydroxylation is 1. The van der Waals surface area contributed by atoms with E-state index in [2.05, 4.69) is 20.9 Å². The number of carbonyl (C=O) groups is 3. The van der Waals surface area contributed by atoms with Crippen molar-refractivity contribution in [2.45, 2.75) is 11.8 Å². The Morgan fingerprint density at radius 1 is 0.933 bits per heavy atom. The highest BCUT2D eigenvalue weighted by Crippen LogP contribution is 2.27. The number of amides is 3. The SMILES string of the molecule is Cc1ccc(-c2csc(NC(=O)CSc3cccc(NC(=O)/C(=C\c4c(F)cccc4Cl)NC(=O)c4ccccc4)c3)n2)cc1. The Bertz CT molecular complexity index is 1860. The molecule has 0 aliphatic rings. The monoisotopic (exact) mass is 656 g/mol. The lowest BCUT2D eigenvalue weighted by Crippen LogP contribution is -2.30. The Morgan fingerprint density at radius 3 is 2.44 bits per heavy atom. The highest BCUT2D eigenvalue weighted by molar-refractivity contribution is 8.00. The number of thiazole rings is 1. The topological polar surface area (TPSA) is 100 Å². The lowest BCUT2D eigenvalue weighted by molar-refractivity contribution is -0.114. The van der Waals surface area contributed by atoms with Crippen molar-refractivity contribution in [1.29, 1.82) is 0 Å². The van der Waals surface area contributed by atoms with Crippen molar-refractivity contribution < 1.29 is 18.8 Å². The van der Waals surface area contributed by atoms with E-state index < -0.39 is 17.6 Å². The second-order valence-electron chi connectivity index (χ2n) is 9.74. The average molecular weight is 657 g/mol. The van der Waals surface area contributed by atoms with E-state index in [9.17, 15) is 18.8 Å². The summed E-state index contributed by atoms with van der Waals surface area (Å²) in [7, 11) is 0. The molecule has 5 rings (SSSR count). The Hall–Kier alpha value is -4.77. The van der Waals surface area contributed by atoms with E-state index in [4.69, 9.17) is 11.6 Å². The van der Waals surface area contributed by atoms with Gasteiger partial charge in [-0.25, -0.2) is 9.37 Å². The van der Waals surface area contributed by atoms with Gasteiger partial charge in [-0.3, -0.25) is 14.4 Å². The Labute approximate surface area is 272 Å². The van der Waals surface area contributed by atoms with Crippen LogP contribution in [-0.2, 0) is 9.59 Å². The van der Waals surface area contributed by atoms with Crippen molar-refractivity contribution in [3.63, 3.8) is 0 Å². The third kappa shape index (κ3) is 8.66. The number of carbonyl (C=O) groups excluding carboxylic acids is 3. The van der Waals surface area contributed by atoms with Crippen molar-refractivity contribution in [2.75, 3.05) is 16.4 Å². The van der Waals surface area contributed by atoms with E-state index in [1.165, 1.54) is 47.4 Å². The Balaban J connectivity index is 1.24. The summed E-state index contributed by atoms with van der Waals surface area (Å²) in [5.74, 6) is -2.00. The predicted molar refractivity (Wildman–Crippen MR) is 180 cm³/mol. The van der Waals surface area contributed by atoms with E-state index in [-0.39, 0.29) is 27.9 Å². The number of nitrogens with zero attached hydrogens (tertiary/aromatic N) is 1. The minimum Gasteiger partial charge on any atom is -0.321 e. The van der Waals surface area contributed by atoms with Gasteiger partial charge in [-0.1, -0.05) is 71.8 Å². The van der Waals surface area contributed by atoms with Crippen LogP contribution in [0.3, 0.4) is 0 Å². The molecule has 0 aliphatic heterocycles. The average Bonchev–Trinajstić information content (AvgIpc) is 3.50. The van der Waals surface area contributed by atoms with E-state index in [0.29, 0.717) is 16.4 Å². The van der Waals surface area contributed by atoms with E-state index >= 15 is 0 Å². The van der Waals surface area contributed by atoms with Gasteiger partial charge in [0.05, 0.1) is 16.5 Å². The summed E-state index contributed by atoms with van der Waals surface area (Å²) < 4.78 is 14.6. The zero-order valence-electron chi connectivity index (χ0n) is 23.8. The van der Waals surface area contributed by atoms with Crippen molar-refractivity contribution in [3.8, 4) is 11.3 Å². The zero-order valence-corrected chi connectivity index (χ0v) is 26.2. The first-order valence-corrected chi connectivity index (χ1v) is 15.9. The van der Waals surface area contributed by atoms with Crippen molar-refractivity contribution in [1.82, 2.24) is 10.3 Å². The molecule has 0 unspecified atom stereocenters. The third-order valence-corrected chi connectivity index (χ3v) is 8.46. The fourth-order valence-corrected chi connectivity index (χ4v) is 5.80. The van der Waals surface area contributed by atoms with E-state index in [1.54, 1.807) is 54.6 Å². The molecule has 0 saturated heterocycles. The second-order valence-corrected chi connectivity index (χ2v) is 12.1. The summed E-state index contributed by atoms with van der Waals surface area (Å²) in [6.07, 6.45) is 1.19. The number of anilines is 2. The van der Waals surface area contributed by atoms with Gasteiger partial charge >= 0.3 is 0 Å². The van der Waals surface area contributed by atoms with Gasteiger partial charge in [0.25, 0.3) is 11.8 Å². The van der Waals surface area contributed by atoms with Gasteiger partial charge in [-0.15, -0.1) is 23.1 Å². The summed E-state index contributed by atoms with van der Waals surface area (Å²) >= 11 is 8.82. The largest absolute Gasteiger partial charge is 0.321 e. The molecule has 3 N–H and O–H groups in total. The molecule has 1 aromatic heterocycles. The van der Waals surface area contributed by atoms with Gasteiger partial charge < -0.3 is 16.0 Å². The van der Waals surface area contributed by atoms with Crippen LogP contribution < -0.4 is 16.0 Å². The first-order chi connectivity index (χ1) is 21.7. The molecular formula is C34H26ClFN4O3S2. The minimum atomic E-state index is -0.688. The maximum Gasteiger partial charge on any atom is 0.272 e. The minimum absolute atomic E-state index is 0.0424. The number of hydrogen-bond donors (Lipinski definition) is 3. The molecule has 45 heavy (non-hydrogen) atoms. The normalized spacial score (nSPS) is 11.1. The molecule has 11 heteroatoms. The predicted octanol–water partition coefficient (Wildman–Crippen LogP) is 8.05. The maximum absolute atomic E-state index is 14.6. The molecule has 4 aromatic carbocycles. The summed E-state index contributed by atoms with van der Waals surface area (Å²) in [6.45, 7) is 2.02. The molecule has 0 radical (unpaired) electrons. The number of benzene rings is 4. The lowest BCUT2D eigenvalue weighted by Gasteiger charge is -2.13. The molecule has 0 spiro atoms. The van der Waals surface area contributed by atoms with Gasteiger partial charge in [0.15, 0.2) is 5.13 Å². The van der Waals surface area contributed by atoms with E-state index in [1.807, 2.05) is 36.6 Å². The molecule has 226 valence electrons. The van der Waals surface area contributed by atoms with Crippen molar-refractivity contribution >= 4 is 69.3 Å². The fraction of sp³-hybridized carbons (Fsp3) is 0.0588. The molecule has 0 fully saturated rings. The first kappa shape index (κ1) is 31.6. The van der Waals surface area contributed by atoms with E-state index in [0.717, 1.165) is 21.7 Å². The zero-order chi connectivity index (χ0) is 31.8. The number of aromatic nitrogens is 1. The molecule has 5 aromatic rings. The van der Waals surface area contributed by atoms with Gasteiger partial charge in [0.2, 0.25) is 5.91 Å². The molecule has 0 bridgehead atoms. The molecule has 0 atom stereocenters. The number of nitrogens with one attached hydrogen (secondary N) is 3. The summed E-state index contributed by atoms with van der Waals surface area (Å²) in [5.41, 5.74) is 3.39. The van der Waals surface area contributed by atoms with Gasteiger partial charge in [0.1, 0.15) is 11.5 Å². The second kappa shape index (κ2) is 14.8. The van der Waals surface area contributed by atoms with Crippen LogP contribution in [-0.4, -0.2) is 28.5 Å². The lowest BCUT2D eigenvalue weighted by atomic mass is 10.1. The number of thioether (sulfide) groups is 1. The van der Waals surface area contributed by atoms with Crippen molar-refractivity contribution in [2.24, 2.45) is 0 Å². The molecule has 3 amide bonds. The van der Waals surface area contributed by atoms with Crippen LogP contribution in [0.2, 0.25) is 5.02 Å². The first-order valence-electron chi connectivity index (χ1n) is 13.6. The van der Waals surface area contributed by atoms with Crippen molar-refractivity contribution in [3.05, 3.63) is 136 Å².